The first-order valence-corrected chi connectivity index (χ1v) is 9.40. The molecule has 0 N–H and O–H groups in total. The fraction of sp³-hybridized carbons (Fsp3) is 0.500. The number of carbonyl (C=O) groups excluding carboxylic acids is 1. The molecule has 0 spiro atoms. The Morgan fingerprint density at radius 3 is 2.64 bits per heavy atom. The number of carbonyl (C=O) groups is 1. The van der Waals surface area contributed by atoms with Gasteiger partial charge in [0.15, 0.2) is 6.61 Å². The average Bonchev–Trinajstić information content (AvgIpc) is 3.06. The molecular weight excluding hydrogens is 336 g/mol. The molecule has 0 atom stereocenters. The van der Waals surface area contributed by atoms with E-state index in [0.717, 1.165) is 29.0 Å². The Kier molecular flexibility index (Phi) is 5.53. The molecule has 0 bridgehead atoms. The van der Waals surface area contributed by atoms with Crippen LogP contribution in [0.3, 0.4) is 0 Å². The van der Waals surface area contributed by atoms with Gasteiger partial charge >= 0.3 is 0 Å². The van der Waals surface area contributed by atoms with Crippen molar-refractivity contribution in [2.45, 2.75) is 26.7 Å². The standard InChI is InChI=1S/C18H24N4O2S/c1-13(2)15-5-4-6-16(11-15)24-12-17(23)21-7-9-22(10-8-21)18-20-19-14(3)25-18/h4-6,11,13H,7-10,12H2,1-3H3. The number of amides is 1. The van der Waals surface area contributed by atoms with Gasteiger partial charge < -0.3 is 14.5 Å². The van der Waals surface area contributed by atoms with Gasteiger partial charge in [-0.25, -0.2) is 0 Å². The third-order valence-electron chi connectivity index (χ3n) is 4.31. The Hall–Kier alpha value is -2.15. The lowest BCUT2D eigenvalue weighted by atomic mass is 10.0. The van der Waals surface area contributed by atoms with Crippen LogP contribution in [0.2, 0.25) is 0 Å². The molecule has 0 unspecified atom stereocenters. The quantitative estimate of drug-likeness (QED) is 0.820. The number of benzene rings is 1. The number of anilines is 1. The zero-order chi connectivity index (χ0) is 17.8. The maximum atomic E-state index is 12.4. The second-order valence-electron chi connectivity index (χ2n) is 6.49. The van der Waals surface area contributed by atoms with Crippen LogP contribution in [-0.2, 0) is 4.79 Å². The van der Waals surface area contributed by atoms with Gasteiger partial charge in [0.1, 0.15) is 10.8 Å². The molecule has 1 aromatic carbocycles. The molecule has 3 rings (SSSR count). The van der Waals surface area contributed by atoms with Crippen molar-refractivity contribution in [1.29, 1.82) is 0 Å². The summed E-state index contributed by atoms with van der Waals surface area (Å²) in [5.41, 5.74) is 1.21. The number of aryl methyl sites for hydroxylation is 1. The van der Waals surface area contributed by atoms with Crippen molar-refractivity contribution in [3.8, 4) is 5.75 Å². The first kappa shape index (κ1) is 17.7. The van der Waals surface area contributed by atoms with E-state index in [0.29, 0.717) is 19.0 Å². The molecule has 2 heterocycles. The van der Waals surface area contributed by atoms with Crippen molar-refractivity contribution in [1.82, 2.24) is 15.1 Å². The lowest BCUT2D eigenvalue weighted by Gasteiger charge is -2.34. The molecule has 0 radical (unpaired) electrons. The zero-order valence-electron chi connectivity index (χ0n) is 14.9. The molecule has 6 nitrogen and oxygen atoms in total. The summed E-state index contributed by atoms with van der Waals surface area (Å²) in [4.78, 5) is 16.4. The molecule has 0 saturated carbocycles. The number of nitrogens with zero attached hydrogens (tertiary/aromatic N) is 4. The minimum Gasteiger partial charge on any atom is -0.484 e. The number of aromatic nitrogens is 2. The van der Waals surface area contributed by atoms with Crippen LogP contribution in [0.5, 0.6) is 5.75 Å². The molecule has 7 heteroatoms. The predicted octanol–water partition coefficient (Wildman–Crippen LogP) is 2.70. The van der Waals surface area contributed by atoms with Gasteiger partial charge in [-0.05, 0) is 30.5 Å². The molecular formula is C18H24N4O2S. The molecule has 1 aromatic heterocycles. The van der Waals surface area contributed by atoms with Crippen LogP contribution in [0.1, 0.15) is 30.3 Å². The number of ether oxygens (including phenoxy) is 1. The summed E-state index contributed by atoms with van der Waals surface area (Å²) < 4.78 is 5.70. The van der Waals surface area contributed by atoms with E-state index in [4.69, 9.17) is 4.74 Å². The highest BCUT2D eigenvalue weighted by Crippen LogP contribution is 2.22. The summed E-state index contributed by atoms with van der Waals surface area (Å²) in [6.45, 7) is 9.25. The Balaban J connectivity index is 1.49. The van der Waals surface area contributed by atoms with Crippen LogP contribution in [0.4, 0.5) is 5.13 Å². The summed E-state index contributed by atoms with van der Waals surface area (Å²) in [5, 5.41) is 10.1. The van der Waals surface area contributed by atoms with E-state index in [-0.39, 0.29) is 12.5 Å². The zero-order valence-corrected chi connectivity index (χ0v) is 15.8. The van der Waals surface area contributed by atoms with Gasteiger partial charge in [-0.3, -0.25) is 4.79 Å². The normalized spacial score (nSPS) is 14.9. The third-order valence-corrected chi connectivity index (χ3v) is 5.20. The van der Waals surface area contributed by atoms with Crippen LogP contribution in [-0.4, -0.2) is 53.8 Å². The minimum atomic E-state index is 0.0306. The Morgan fingerprint density at radius 2 is 2.00 bits per heavy atom. The average molecular weight is 360 g/mol. The van der Waals surface area contributed by atoms with Gasteiger partial charge in [-0.15, -0.1) is 10.2 Å². The Labute approximate surface area is 152 Å². The van der Waals surface area contributed by atoms with Gasteiger partial charge in [0, 0.05) is 26.2 Å². The highest BCUT2D eigenvalue weighted by atomic mass is 32.1. The Morgan fingerprint density at radius 1 is 1.24 bits per heavy atom. The van der Waals surface area contributed by atoms with Crippen molar-refractivity contribution in [3.05, 3.63) is 34.8 Å². The van der Waals surface area contributed by atoms with E-state index in [9.17, 15) is 4.79 Å². The molecule has 1 amide bonds. The van der Waals surface area contributed by atoms with Crippen molar-refractivity contribution in [3.63, 3.8) is 0 Å². The molecule has 1 saturated heterocycles. The first-order valence-electron chi connectivity index (χ1n) is 8.58. The molecule has 1 aliphatic heterocycles. The fourth-order valence-corrected chi connectivity index (χ4v) is 3.50. The summed E-state index contributed by atoms with van der Waals surface area (Å²) >= 11 is 1.59. The van der Waals surface area contributed by atoms with Gasteiger partial charge in [0.2, 0.25) is 5.13 Å². The van der Waals surface area contributed by atoms with Crippen LogP contribution < -0.4 is 9.64 Å². The highest BCUT2D eigenvalue weighted by molar-refractivity contribution is 7.15. The second-order valence-corrected chi connectivity index (χ2v) is 7.65. The predicted molar refractivity (Wildman–Crippen MR) is 99.5 cm³/mol. The fourth-order valence-electron chi connectivity index (χ4n) is 2.76. The van der Waals surface area contributed by atoms with Crippen molar-refractivity contribution >= 4 is 22.4 Å². The number of hydrogen-bond acceptors (Lipinski definition) is 6. The number of rotatable bonds is 5. The lowest BCUT2D eigenvalue weighted by Crippen LogP contribution is -2.50. The van der Waals surface area contributed by atoms with Crippen LogP contribution >= 0.6 is 11.3 Å². The summed E-state index contributed by atoms with van der Waals surface area (Å²) in [6, 6.07) is 7.95. The second kappa shape index (κ2) is 7.82. The first-order chi connectivity index (χ1) is 12.0. The SMILES string of the molecule is Cc1nnc(N2CCN(C(=O)COc3cccc(C(C)C)c3)CC2)s1. The Bertz CT molecular complexity index is 723. The lowest BCUT2D eigenvalue weighted by molar-refractivity contribution is -0.133. The number of piperazine rings is 1. The maximum Gasteiger partial charge on any atom is 0.260 e. The van der Waals surface area contributed by atoms with Crippen LogP contribution in [0.15, 0.2) is 24.3 Å². The van der Waals surface area contributed by atoms with Crippen LogP contribution in [0, 0.1) is 6.92 Å². The van der Waals surface area contributed by atoms with E-state index >= 15 is 0 Å². The topological polar surface area (TPSA) is 58.6 Å². The van der Waals surface area contributed by atoms with Gasteiger partial charge in [-0.2, -0.15) is 0 Å². The van der Waals surface area contributed by atoms with Crippen molar-refractivity contribution in [2.75, 3.05) is 37.7 Å². The molecule has 1 fully saturated rings. The summed E-state index contributed by atoms with van der Waals surface area (Å²) in [5.74, 6) is 1.22. The third kappa shape index (κ3) is 4.48. The number of hydrogen-bond donors (Lipinski definition) is 0. The van der Waals surface area contributed by atoms with Gasteiger partial charge in [-0.1, -0.05) is 37.3 Å². The monoisotopic (exact) mass is 360 g/mol. The van der Waals surface area contributed by atoms with E-state index < -0.39 is 0 Å². The van der Waals surface area contributed by atoms with E-state index in [1.807, 2.05) is 30.0 Å². The highest BCUT2D eigenvalue weighted by Gasteiger charge is 2.23. The molecule has 25 heavy (non-hydrogen) atoms. The largest absolute Gasteiger partial charge is 0.484 e. The minimum absolute atomic E-state index is 0.0306. The summed E-state index contributed by atoms with van der Waals surface area (Å²) in [6.07, 6.45) is 0. The molecule has 2 aromatic rings. The van der Waals surface area contributed by atoms with Crippen molar-refractivity contribution < 1.29 is 9.53 Å². The molecule has 134 valence electrons. The summed E-state index contributed by atoms with van der Waals surface area (Å²) in [7, 11) is 0. The van der Waals surface area contributed by atoms with Crippen LogP contribution in [0.25, 0.3) is 0 Å². The van der Waals surface area contributed by atoms with Crippen molar-refractivity contribution in [2.24, 2.45) is 0 Å². The van der Waals surface area contributed by atoms with E-state index in [1.165, 1.54) is 5.56 Å². The smallest absolute Gasteiger partial charge is 0.260 e. The molecule has 1 aliphatic rings. The molecule has 0 aliphatic carbocycles. The van der Waals surface area contributed by atoms with E-state index in [1.54, 1.807) is 11.3 Å². The maximum absolute atomic E-state index is 12.4. The van der Waals surface area contributed by atoms with Gasteiger partial charge in [0.25, 0.3) is 5.91 Å². The van der Waals surface area contributed by atoms with Gasteiger partial charge in [0.05, 0.1) is 0 Å². The van der Waals surface area contributed by atoms with E-state index in [2.05, 4.69) is 35.0 Å².